The molecule has 6 nitrogen and oxygen atoms in total. The molecule has 0 N–H and O–H groups in total. The summed E-state index contributed by atoms with van der Waals surface area (Å²) in [6, 6.07) is 0. The molecule has 3 aromatic heterocycles. The van der Waals surface area contributed by atoms with Gasteiger partial charge in [0.1, 0.15) is 10.7 Å². The number of nitrogens with zero attached hydrogens (tertiary/aromatic N) is 4. The summed E-state index contributed by atoms with van der Waals surface area (Å²) in [6.07, 6.45) is 5.66. The molecule has 0 aliphatic heterocycles. The van der Waals surface area contributed by atoms with E-state index in [2.05, 4.69) is 21.5 Å². The number of hydrogen-bond acceptors (Lipinski definition) is 7. The fraction of sp³-hybridized carbons (Fsp3) is 0.600. The van der Waals surface area contributed by atoms with Gasteiger partial charge in [-0.2, -0.15) is 0 Å². The number of rotatable bonds is 5. The molecule has 2 aliphatic rings. The van der Waals surface area contributed by atoms with E-state index in [9.17, 15) is 4.79 Å². The van der Waals surface area contributed by atoms with Gasteiger partial charge in [0.05, 0.1) is 17.2 Å². The zero-order chi connectivity index (χ0) is 19.4. The Balaban J connectivity index is 1.59. The number of fused-ring (bicyclic) bond motifs is 5. The van der Waals surface area contributed by atoms with E-state index in [-0.39, 0.29) is 17.8 Å². The summed E-state index contributed by atoms with van der Waals surface area (Å²) in [5, 5.41) is 10.9. The molecule has 0 spiro atoms. The molecule has 0 amide bonds. The molecule has 3 aromatic rings. The molecule has 1 fully saturated rings. The molecule has 5 rings (SSSR count). The van der Waals surface area contributed by atoms with E-state index in [1.165, 1.54) is 34.0 Å². The highest BCUT2D eigenvalue weighted by Crippen LogP contribution is 2.44. The predicted octanol–water partition coefficient (Wildman–Crippen LogP) is 4.38. The minimum Gasteiger partial charge on any atom is -0.462 e. The Labute approximate surface area is 172 Å². The number of esters is 1. The second kappa shape index (κ2) is 6.99. The van der Waals surface area contributed by atoms with Gasteiger partial charge in [0, 0.05) is 10.8 Å². The maximum absolute atomic E-state index is 12.0. The van der Waals surface area contributed by atoms with Crippen LogP contribution in [0.1, 0.15) is 62.2 Å². The van der Waals surface area contributed by atoms with Crippen LogP contribution in [0, 0.1) is 5.92 Å². The third-order valence-electron chi connectivity index (χ3n) is 5.42. The lowest BCUT2D eigenvalue weighted by Gasteiger charge is -2.17. The Morgan fingerprint density at radius 2 is 2.14 bits per heavy atom. The van der Waals surface area contributed by atoms with E-state index in [1.54, 1.807) is 0 Å². The van der Waals surface area contributed by atoms with Crippen molar-refractivity contribution in [2.24, 2.45) is 5.92 Å². The summed E-state index contributed by atoms with van der Waals surface area (Å²) < 4.78 is 7.37. The zero-order valence-electron chi connectivity index (χ0n) is 16.4. The summed E-state index contributed by atoms with van der Waals surface area (Å²) in [5.41, 5.74) is 2.33. The second-order valence-electron chi connectivity index (χ2n) is 8.25. The van der Waals surface area contributed by atoms with Crippen molar-refractivity contribution < 1.29 is 9.53 Å². The van der Waals surface area contributed by atoms with Crippen LogP contribution in [0.5, 0.6) is 0 Å². The van der Waals surface area contributed by atoms with E-state index in [0.717, 1.165) is 53.1 Å². The van der Waals surface area contributed by atoms with Gasteiger partial charge in [0.25, 0.3) is 0 Å². The molecular formula is C20H24N4O2S2. The Morgan fingerprint density at radius 3 is 2.89 bits per heavy atom. The van der Waals surface area contributed by atoms with Gasteiger partial charge < -0.3 is 4.74 Å². The van der Waals surface area contributed by atoms with Crippen molar-refractivity contribution in [3.05, 3.63) is 16.3 Å². The van der Waals surface area contributed by atoms with Crippen LogP contribution < -0.4 is 0 Å². The fourth-order valence-electron chi connectivity index (χ4n) is 3.97. The first kappa shape index (κ1) is 18.4. The number of aryl methyl sites for hydroxylation is 1. The van der Waals surface area contributed by atoms with Crippen molar-refractivity contribution in [3.63, 3.8) is 0 Å². The highest BCUT2D eigenvalue weighted by molar-refractivity contribution is 7.99. The normalized spacial score (nSPS) is 19.5. The van der Waals surface area contributed by atoms with Crippen LogP contribution in [0.25, 0.3) is 15.9 Å². The molecule has 8 heteroatoms. The average molecular weight is 417 g/mol. The van der Waals surface area contributed by atoms with Gasteiger partial charge in [0.2, 0.25) is 0 Å². The van der Waals surface area contributed by atoms with Crippen LogP contribution in [0.2, 0.25) is 0 Å². The first-order valence-electron chi connectivity index (χ1n) is 10.0. The zero-order valence-corrected chi connectivity index (χ0v) is 18.0. The molecule has 0 unspecified atom stereocenters. The number of aromatic nitrogens is 4. The molecule has 2 aliphatic carbocycles. The van der Waals surface area contributed by atoms with Gasteiger partial charge in [0.15, 0.2) is 10.8 Å². The quantitative estimate of drug-likeness (QED) is 0.454. The van der Waals surface area contributed by atoms with E-state index in [4.69, 9.17) is 9.72 Å². The topological polar surface area (TPSA) is 69.4 Å². The van der Waals surface area contributed by atoms with E-state index in [1.807, 2.05) is 25.2 Å². The second-order valence-corrected chi connectivity index (χ2v) is 10.3. The van der Waals surface area contributed by atoms with E-state index < -0.39 is 0 Å². The SMILES string of the molecule is CC(C)OC(=O)CSc1nnc2c3c4c(sc3nc(C3CC3)n12)C[C@H](C)CC4. The molecule has 148 valence electrons. The molecule has 0 bridgehead atoms. The third-order valence-corrected chi connectivity index (χ3v) is 7.47. The first-order valence-corrected chi connectivity index (χ1v) is 11.8. The standard InChI is InChI=1S/C20H24N4O2S2/c1-10(2)26-15(25)9-27-20-23-22-18-16-13-7-4-11(3)8-14(13)28-19(16)21-17(24(18)20)12-5-6-12/h10-12H,4-9H2,1-3H3/t11-/m1/s1. The summed E-state index contributed by atoms with van der Waals surface area (Å²) in [6.45, 7) is 6.05. The lowest BCUT2D eigenvalue weighted by atomic mass is 9.89. The van der Waals surface area contributed by atoms with E-state index >= 15 is 0 Å². The van der Waals surface area contributed by atoms with Crippen molar-refractivity contribution in [3.8, 4) is 0 Å². The fourth-order valence-corrected chi connectivity index (χ4v) is 6.07. The van der Waals surface area contributed by atoms with Crippen LogP contribution in [0.3, 0.4) is 0 Å². The molecule has 0 radical (unpaired) electrons. The number of carbonyl (C=O) groups is 1. The summed E-state index contributed by atoms with van der Waals surface area (Å²) >= 11 is 3.23. The minimum atomic E-state index is -0.222. The number of thioether (sulfide) groups is 1. The highest BCUT2D eigenvalue weighted by Gasteiger charge is 2.32. The Kier molecular flexibility index (Phi) is 4.58. The van der Waals surface area contributed by atoms with Crippen LogP contribution >= 0.6 is 23.1 Å². The number of carbonyl (C=O) groups excluding carboxylic acids is 1. The lowest BCUT2D eigenvalue weighted by molar-refractivity contribution is -0.144. The average Bonchev–Trinajstić information content (AvgIpc) is 3.29. The van der Waals surface area contributed by atoms with Crippen molar-refractivity contribution in [1.29, 1.82) is 0 Å². The van der Waals surface area contributed by atoms with Gasteiger partial charge in [-0.25, -0.2) is 4.98 Å². The Morgan fingerprint density at radius 1 is 1.32 bits per heavy atom. The van der Waals surface area contributed by atoms with Gasteiger partial charge in [-0.3, -0.25) is 9.20 Å². The smallest absolute Gasteiger partial charge is 0.316 e. The maximum Gasteiger partial charge on any atom is 0.316 e. The third kappa shape index (κ3) is 3.20. The van der Waals surface area contributed by atoms with Crippen LogP contribution in [0.15, 0.2) is 5.16 Å². The van der Waals surface area contributed by atoms with Gasteiger partial charge in [-0.1, -0.05) is 18.7 Å². The predicted molar refractivity (Wildman–Crippen MR) is 111 cm³/mol. The first-order chi connectivity index (χ1) is 13.5. The summed E-state index contributed by atoms with van der Waals surface area (Å²) in [5.74, 6) is 2.28. The summed E-state index contributed by atoms with van der Waals surface area (Å²) in [4.78, 5) is 19.6. The molecule has 3 heterocycles. The van der Waals surface area contributed by atoms with Crippen molar-refractivity contribution in [2.75, 3.05) is 5.75 Å². The number of ether oxygens (including phenoxy) is 1. The number of hydrogen-bond donors (Lipinski definition) is 0. The van der Waals surface area contributed by atoms with E-state index in [0.29, 0.717) is 5.92 Å². The van der Waals surface area contributed by atoms with Gasteiger partial charge >= 0.3 is 5.97 Å². The lowest BCUT2D eigenvalue weighted by Crippen LogP contribution is -2.13. The monoisotopic (exact) mass is 416 g/mol. The summed E-state index contributed by atoms with van der Waals surface area (Å²) in [7, 11) is 0. The molecule has 1 atom stereocenters. The number of thiophene rings is 1. The molecule has 0 aromatic carbocycles. The molecule has 1 saturated carbocycles. The van der Waals surface area contributed by atoms with Gasteiger partial charge in [-0.05, 0) is 57.4 Å². The highest BCUT2D eigenvalue weighted by atomic mass is 32.2. The van der Waals surface area contributed by atoms with Crippen molar-refractivity contribution >= 4 is 44.9 Å². The van der Waals surface area contributed by atoms with Crippen molar-refractivity contribution in [2.45, 2.75) is 70.1 Å². The van der Waals surface area contributed by atoms with Crippen molar-refractivity contribution in [1.82, 2.24) is 19.6 Å². The Bertz CT molecular complexity index is 1070. The molecule has 0 saturated heterocycles. The van der Waals surface area contributed by atoms with Crippen LogP contribution in [-0.2, 0) is 22.4 Å². The van der Waals surface area contributed by atoms with Crippen LogP contribution in [-0.4, -0.2) is 37.4 Å². The largest absolute Gasteiger partial charge is 0.462 e. The van der Waals surface area contributed by atoms with Crippen LogP contribution in [0.4, 0.5) is 0 Å². The van der Waals surface area contributed by atoms with Gasteiger partial charge in [-0.15, -0.1) is 21.5 Å². The minimum absolute atomic E-state index is 0.105. The Hall–Kier alpha value is -1.67. The maximum atomic E-state index is 12.0. The molecular weight excluding hydrogens is 392 g/mol. The molecule has 28 heavy (non-hydrogen) atoms.